The molecule has 0 aromatic heterocycles. The number of sulfone groups is 1. The Morgan fingerprint density at radius 3 is 2.53 bits per heavy atom. The summed E-state index contributed by atoms with van der Waals surface area (Å²) >= 11 is 3.33. The van der Waals surface area contributed by atoms with Crippen molar-refractivity contribution in [3.05, 3.63) is 58.1 Å². The van der Waals surface area contributed by atoms with Crippen molar-refractivity contribution < 1.29 is 8.42 Å². The number of anilines is 1. The SMILES string of the molecule is Cc1ccc(S(=O)(=O)Cc2cccc(Br)c2)c(N)c1. The van der Waals surface area contributed by atoms with Crippen LogP contribution in [0, 0.1) is 6.92 Å². The molecule has 0 aliphatic carbocycles. The lowest BCUT2D eigenvalue weighted by Crippen LogP contribution is -2.08. The molecular formula is C14H14BrNO2S. The lowest BCUT2D eigenvalue weighted by atomic mass is 10.2. The van der Waals surface area contributed by atoms with Crippen LogP contribution in [0.15, 0.2) is 51.8 Å². The van der Waals surface area contributed by atoms with Crippen LogP contribution in [0.25, 0.3) is 0 Å². The molecule has 3 nitrogen and oxygen atoms in total. The van der Waals surface area contributed by atoms with Gasteiger partial charge in [0.1, 0.15) is 0 Å². The number of aryl methyl sites for hydroxylation is 1. The maximum Gasteiger partial charge on any atom is 0.184 e. The first-order valence-electron chi connectivity index (χ1n) is 5.72. The van der Waals surface area contributed by atoms with Gasteiger partial charge in [0.25, 0.3) is 0 Å². The smallest absolute Gasteiger partial charge is 0.184 e. The molecule has 0 aliphatic heterocycles. The zero-order chi connectivity index (χ0) is 14.0. The maximum atomic E-state index is 12.3. The number of hydrogen-bond acceptors (Lipinski definition) is 3. The van der Waals surface area contributed by atoms with Crippen LogP contribution in [0.4, 0.5) is 5.69 Å². The van der Waals surface area contributed by atoms with E-state index in [4.69, 9.17) is 5.73 Å². The van der Waals surface area contributed by atoms with Crippen molar-refractivity contribution in [3.63, 3.8) is 0 Å². The van der Waals surface area contributed by atoms with E-state index < -0.39 is 9.84 Å². The van der Waals surface area contributed by atoms with Gasteiger partial charge in [-0.2, -0.15) is 0 Å². The molecule has 100 valence electrons. The minimum atomic E-state index is -3.42. The van der Waals surface area contributed by atoms with Crippen LogP contribution in [0.1, 0.15) is 11.1 Å². The van der Waals surface area contributed by atoms with Crippen LogP contribution in [0.2, 0.25) is 0 Å². The van der Waals surface area contributed by atoms with Gasteiger partial charge in [0.15, 0.2) is 9.84 Å². The van der Waals surface area contributed by atoms with E-state index >= 15 is 0 Å². The number of benzene rings is 2. The molecule has 0 radical (unpaired) electrons. The highest BCUT2D eigenvalue weighted by Crippen LogP contribution is 2.24. The number of rotatable bonds is 3. The fraction of sp³-hybridized carbons (Fsp3) is 0.143. The number of nitrogen functional groups attached to an aromatic ring is 1. The Balaban J connectivity index is 2.38. The quantitative estimate of drug-likeness (QED) is 0.872. The molecule has 0 atom stereocenters. The van der Waals surface area contributed by atoms with Crippen molar-refractivity contribution in [1.82, 2.24) is 0 Å². The summed E-state index contributed by atoms with van der Waals surface area (Å²) in [7, 11) is -3.42. The molecule has 0 spiro atoms. The Morgan fingerprint density at radius 2 is 1.89 bits per heavy atom. The van der Waals surface area contributed by atoms with E-state index in [-0.39, 0.29) is 10.6 Å². The van der Waals surface area contributed by atoms with Gasteiger partial charge in [0.05, 0.1) is 16.3 Å². The lowest BCUT2D eigenvalue weighted by Gasteiger charge is -2.08. The molecule has 5 heteroatoms. The Kier molecular flexibility index (Phi) is 3.96. The highest BCUT2D eigenvalue weighted by Gasteiger charge is 2.18. The summed E-state index contributed by atoms with van der Waals surface area (Å²) in [6.07, 6.45) is 0. The Labute approximate surface area is 121 Å². The largest absolute Gasteiger partial charge is 0.398 e. The zero-order valence-corrected chi connectivity index (χ0v) is 12.8. The maximum absolute atomic E-state index is 12.3. The third kappa shape index (κ3) is 3.36. The van der Waals surface area contributed by atoms with Gasteiger partial charge in [-0.05, 0) is 42.3 Å². The van der Waals surface area contributed by atoms with Gasteiger partial charge < -0.3 is 5.73 Å². The van der Waals surface area contributed by atoms with Crippen molar-refractivity contribution in [2.45, 2.75) is 17.6 Å². The second-order valence-corrected chi connectivity index (χ2v) is 7.30. The second kappa shape index (κ2) is 5.35. The van der Waals surface area contributed by atoms with Crippen LogP contribution in [-0.2, 0) is 15.6 Å². The Bertz CT molecular complexity index is 711. The molecule has 2 aromatic rings. The fourth-order valence-electron chi connectivity index (χ4n) is 1.88. The average molecular weight is 340 g/mol. The van der Waals surface area contributed by atoms with Crippen LogP contribution in [0.5, 0.6) is 0 Å². The molecule has 2 N–H and O–H groups in total. The highest BCUT2D eigenvalue weighted by atomic mass is 79.9. The summed E-state index contributed by atoms with van der Waals surface area (Å²) in [5, 5.41) is 0. The van der Waals surface area contributed by atoms with Crippen molar-refractivity contribution in [3.8, 4) is 0 Å². The van der Waals surface area contributed by atoms with Crippen molar-refractivity contribution in [2.24, 2.45) is 0 Å². The molecule has 0 fully saturated rings. The van der Waals surface area contributed by atoms with Gasteiger partial charge in [-0.25, -0.2) is 8.42 Å². The second-order valence-electron chi connectivity index (χ2n) is 4.43. The number of nitrogens with two attached hydrogens (primary N) is 1. The van der Waals surface area contributed by atoms with E-state index in [2.05, 4.69) is 15.9 Å². The molecule has 0 unspecified atom stereocenters. The monoisotopic (exact) mass is 339 g/mol. The van der Waals surface area contributed by atoms with Gasteiger partial charge >= 0.3 is 0 Å². The Morgan fingerprint density at radius 1 is 1.16 bits per heavy atom. The van der Waals surface area contributed by atoms with Crippen molar-refractivity contribution >= 4 is 31.5 Å². The summed E-state index contributed by atoms with van der Waals surface area (Å²) in [6.45, 7) is 1.88. The first kappa shape index (κ1) is 14.1. The van der Waals surface area contributed by atoms with Crippen LogP contribution >= 0.6 is 15.9 Å². The molecule has 0 bridgehead atoms. The lowest BCUT2D eigenvalue weighted by molar-refractivity contribution is 0.595. The van der Waals surface area contributed by atoms with E-state index in [1.54, 1.807) is 30.3 Å². The predicted molar refractivity (Wildman–Crippen MR) is 80.6 cm³/mol. The van der Waals surface area contributed by atoms with E-state index in [0.29, 0.717) is 5.69 Å². The Hall–Kier alpha value is -1.33. The summed E-state index contributed by atoms with van der Waals surface area (Å²) < 4.78 is 25.6. The van der Waals surface area contributed by atoms with Gasteiger partial charge in [0.2, 0.25) is 0 Å². The van der Waals surface area contributed by atoms with Crippen LogP contribution in [0.3, 0.4) is 0 Å². The summed E-state index contributed by atoms with van der Waals surface area (Å²) in [6, 6.07) is 12.2. The highest BCUT2D eigenvalue weighted by molar-refractivity contribution is 9.10. The third-order valence-corrected chi connectivity index (χ3v) is 4.99. The summed E-state index contributed by atoms with van der Waals surface area (Å²) in [5.41, 5.74) is 7.78. The first-order valence-corrected chi connectivity index (χ1v) is 8.16. The van der Waals surface area contributed by atoms with E-state index in [0.717, 1.165) is 15.6 Å². The van der Waals surface area contributed by atoms with Gasteiger partial charge in [-0.15, -0.1) is 0 Å². The molecule has 0 amide bonds. The van der Waals surface area contributed by atoms with Gasteiger partial charge in [-0.3, -0.25) is 0 Å². The zero-order valence-electron chi connectivity index (χ0n) is 10.4. The topological polar surface area (TPSA) is 60.2 Å². The minimum absolute atomic E-state index is 0.0559. The predicted octanol–water partition coefficient (Wildman–Crippen LogP) is 3.31. The summed E-state index contributed by atoms with van der Waals surface area (Å²) in [5.74, 6) is -0.0559. The van der Waals surface area contributed by atoms with E-state index in [1.165, 1.54) is 0 Å². The third-order valence-electron chi connectivity index (χ3n) is 2.75. The molecule has 2 aromatic carbocycles. The number of hydrogen-bond donors (Lipinski definition) is 1. The molecule has 2 rings (SSSR count). The van der Waals surface area contributed by atoms with Gasteiger partial charge in [0, 0.05) is 4.47 Å². The molecule has 0 heterocycles. The molecule has 0 saturated carbocycles. The summed E-state index contributed by atoms with van der Waals surface area (Å²) in [4.78, 5) is 0.193. The number of halogens is 1. The normalized spacial score (nSPS) is 11.5. The minimum Gasteiger partial charge on any atom is -0.398 e. The molecule has 0 saturated heterocycles. The molecule has 0 aliphatic rings. The van der Waals surface area contributed by atoms with Gasteiger partial charge in [-0.1, -0.05) is 34.1 Å². The van der Waals surface area contributed by atoms with Crippen LogP contribution < -0.4 is 5.73 Å². The standard InChI is InChI=1S/C14H14BrNO2S/c1-10-5-6-14(13(16)7-10)19(17,18)9-11-3-2-4-12(15)8-11/h2-8H,9,16H2,1H3. The molecule has 19 heavy (non-hydrogen) atoms. The van der Waals surface area contributed by atoms with Crippen LogP contribution in [-0.4, -0.2) is 8.42 Å². The first-order chi connectivity index (χ1) is 8.88. The molecular weight excluding hydrogens is 326 g/mol. The van der Waals surface area contributed by atoms with E-state index in [1.807, 2.05) is 19.1 Å². The fourth-order valence-corrected chi connectivity index (χ4v) is 3.79. The van der Waals surface area contributed by atoms with Crippen molar-refractivity contribution in [1.29, 1.82) is 0 Å². The average Bonchev–Trinajstić information content (AvgIpc) is 2.27. The van der Waals surface area contributed by atoms with Crippen molar-refractivity contribution in [2.75, 3.05) is 5.73 Å². The van der Waals surface area contributed by atoms with E-state index in [9.17, 15) is 8.42 Å².